The van der Waals surface area contributed by atoms with E-state index in [2.05, 4.69) is 5.32 Å². The van der Waals surface area contributed by atoms with Gasteiger partial charge in [0.25, 0.3) is 0 Å². The molecule has 1 aliphatic heterocycles. The standard InChI is InChI=1S/C11H20N2O5S/c1-11(2,9(14)15)7-12-10(16)13(3)8-4-5-19(17,18)6-8/h8H,4-7H2,1-3H3,(H,12,16)(H,14,15). The molecular weight excluding hydrogens is 272 g/mol. The lowest BCUT2D eigenvalue weighted by molar-refractivity contribution is -0.146. The van der Waals surface area contributed by atoms with Gasteiger partial charge in [-0.1, -0.05) is 0 Å². The topological polar surface area (TPSA) is 104 Å². The van der Waals surface area contributed by atoms with Crippen LogP contribution in [-0.2, 0) is 14.6 Å². The van der Waals surface area contributed by atoms with Crippen LogP contribution in [0.15, 0.2) is 0 Å². The first-order valence-corrected chi connectivity index (χ1v) is 7.82. The van der Waals surface area contributed by atoms with Crippen molar-refractivity contribution in [3.63, 3.8) is 0 Å². The quantitative estimate of drug-likeness (QED) is 0.754. The van der Waals surface area contributed by atoms with E-state index in [1.807, 2.05) is 0 Å². The van der Waals surface area contributed by atoms with Crippen LogP contribution in [0.2, 0.25) is 0 Å². The minimum absolute atomic E-state index is 0.00895. The number of carbonyl (C=O) groups excluding carboxylic acids is 1. The second kappa shape index (κ2) is 5.36. The highest BCUT2D eigenvalue weighted by Gasteiger charge is 2.34. The van der Waals surface area contributed by atoms with Gasteiger partial charge in [0.1, 0.15) is 0 Å². The molecule has 8 heteroatoms. The number of carboxylic acid groups (broad SMARTS) is 1. The largest absolute Gasteiger partial charge is 0.481 e. The Labute approximate surface area is 112 Å². The maximum absolute atomic E-state index is 11.8. The summed E-state index contributed by atoms with van der Waals surface area (Å²) in [5, 5.41) is 11.4. The predicted octanol–water partition coefficient (Wildman–Crippen LogP) is -0.0743. The highest BCUT2D eigenvalue weighted by atomic mass is 32.2. The Morgan fingerprint density at radius 2 is 2.00 bits per heavy atom. The number of nitrogens with one attached hydrogen (secondary N) is 1. The van der Waals surface area contributed by atoms with Crippen molar-refractivity contribution < 1.29 is 23.1 Å². The smallest absolute Gasteiger partial charge is 0.317 e. The van der Waals surface area contributed by atoms with Crippen molar-refractivity contribution in [2.45, 2.75) is 26.3 Å². The van der Waals surface area contributed by atoms with Gasteiger partial charge in [0.2, 0.25) is 0 Å². The van der Waals surface area contributed by atoms with Gasteiger partial charge in [-0.2, -0.15) is 0 Å². The van der Waals surface area contributed by atoms with E-state index in [0.29, 0.717) is 6.42 Å². The number of carboxylic acids is 1. The van der Waals surface area contributed by atoms with Gasteiger partial charge < -0.3 is 15.3 Å². The molecule has 1 saturated heterocycles. The maximum atomic E-state index is 11.8. The SMILES string of the molecule is CN(C(=O)NCC(C)(C)C(=O)O)C1CCS(=O)(=O)C1. The van der Waals surface area contributed by atoms with Crippen molar-refractivity contribution in [1.29, 1.82) is 0 Å². The summed E-state index contributed by atoms with van der Waals surface area (Å²) in [5.74, 6) is -0.936. The molecule has 2 amide bonds. The Bertz CT molecular complexity index is 471. The van der Waals surface area contributed by atoms with E-state index in [9.17, 15) is 18.0 Å². The van der Waals surface area contributed by atoms with Crippen LogP contribution in [0.1, 0.15) is 20.3 Å². The lowest BCUT2D eigenvalue weighted by Gasteiger charge is -2.26. The first-order chi connectivity index (χ1) is 8.55. The molecule has 1 aliphatic rings. The third-order valence-electron chi connectivity index (χ3n) is 3.34. The Balaban J connectivity index is 2.53. The van der Waals surface area contributed by atoms with Crippen LogP contribution in [0.4, 0.5) is 4.79 Å². The molecule has 1 unspecified atom stereocenters. The van der Waals surface area contributed by atoms with E-state index < -0.39 is 27.3 Å². The zero-order valence-corrected chi connectivity index (χ0v) is 12.2. The van der Waals surface area contributed by atoms with E-state index in [0.717, 1.165) is 0 Å². The van der Waals surface area contributed by atoms with Gasteiger partial charge in [-0.05, 0) is 20.3 Å². The number of rotatable bonds is 4. The van der Waals surface area contributed by atoms with E-state index in [4.69, 9.17) is 5.11 Å². The Hall–Kier alpha value is -1.31. The third kappa shape index (κ3) is 4.09. The van der Waals surface area contributed by atoms with Gasteiger partial charge in [0, 0.05) is 19.6 Å². The van der Waals surface area contributed by atoms with E-state index in [1.165, 1.54) is 25.8 Å². The molecule has 0 bridgehead atoms. The molecule has 0 spiro atoms. The van der Waals surface area contributed by atoms with Crippen LogP contribution in [0.25, 0.3) is 0 Å². The predicted molar refractivity (Wildman–Crippen MR) is 69.6 cm³/mol. The number of amides is 2. The summed E-state index contributed by atoms with van der Waals surface area (Å²) in [6, 6.07) is -0.783. The molecule has 110 valence electrons. The molecule has 1 heterocycles. The molecule has 0 aromatic rings. The number of hydrogen-bond acceptors (Lipinski definition) is 4. The first kappa shape index (κ1) is 15.7. The number of carbonyl (C=O) groups is 2. The lowest BCUT2D eigenvalue weighted by atomic mass is 9.94. The summed E-state index contributed by atoms with van der Waals surface area (Å²) in [7, 11) is -1.52. The molecule has 0 radical (unpaired) electrons. The molecule has 1 atom stereocenters. The van der Waals surface area contributed by atoms with Gasteiger partial charge in [-0.3, -0.25) is 4.79 Å². The zero-order valence-electron chi connectivity index (χ0n) is 11.3. The molecule has 0 aromatic heterocycles. The molecule has 1 rings (SSSR count). The summed E-state index contributed by atoms with van der Waals surface area (Å²) < 4.78 is 22.7. The van der Waals surface area contributed by atoms with E-state index in [1.54, 1.807) is 0 Å². The molecule has 0 aromatic carbocycles. The van der Waals surface area contributed by atoms with Crippen molar-refractivity contribution >= 4 is 21.8 Å². The van der Waals surface area contributed by atoms with Crippen molar-refractivity contribution in [1.82, 2.24) is 10.2 Å². The summed E-state index contributed by atoms with van der Waals surface area (Å²) in [5.41, 5.74) is -1.06. The zero-order chi connectivity index (χ0) is 14.8. The third-order valence-corrected chi connectivity index (χ3v) is 5.09. The Kier molecular flexibility index (Phi) is 4.44. The minimum atomic E-state index is -3.05. The molecule has 19 heavy (non-hydrogen) atoms. The van der Waals surface area contributed by atoms with Crippen molar-refractivity contribution in [2.75, 3.05) is 25.1 Å². The Morgan fingerprint density at radius 1 is 1.42 bits per heavy atom. The lowest BCUT2D eigenvalue weighted by Crippen LogP contribution is -2.48. The summed E-state index contributed by atoms with van der Waals surface area (Å²) in [4.78, 5) is 24.1. The van der Waals surface area contributed by atoms with Crippen molar-refractivity contribution in [2.24, 2.45) is 5.41 Å². The van der Waals surface area contributed by atoms with Crippen LogP contribution in [0.5, 0.6) is 0 Å². The summed E-state index contributed by atoms with van der Waals surface area (Å²) in [6.45, 7) is 3.01. The monoisotopic (exact) mass is 292 g/mol. The fourth-order valence-corrected chi connectivity index (χ4v) is 3.52. The van der Waals surface area contributed by atoms with E-state index >= 15 is 0 Å². The second-order valence-corrected chi connectivity index (χ2v) is 7.74. The van der Waals surface area contributed by atoms with E-state index in [-0.39, 0.29) is 24.1 Å². The highest BCUT2D eigenvalue weighted by molar-refractivity contribution is 7.91. The van der Waals surface area contributed by atoms with Crippen molar-refractivity contribution in [3.8, 4) is 0 Å². The fourth-order valence-electron chi connectivity index (χ4n) is 1.74. The van der Waals surface area contributed by atoms with Gasteiger partial charge in [-0.25, -0.2) is 13.2 Å². The van der Waals surface area contributed by atoms with Crippen LogP contribution >= 0.6 is 0 Å². The summed E-state index contributed by atoms with van der Waals surface area (Å²) in [6.07, 6.45) is 0.425. The molecular formula is C11H20N2O5S. The number of hydrogen-bond donors (Lipinski definition) is 2. The first-order valence-electron chi connectivity index (χ1n) is 6.00. The Morgan fingerprint density at radius 3 is 2.42 bits per heavy atom. The van der Waals surface area contributed by atoms with Crippen LogP contribution in [0.3, 0.4) is 0 Å². The maximum Gasteiger partial charge on any atom is 0.317 e. The van der Waals surface area contributed by atoms with Gasteiger partial charge in [-0.15, -0.1) is 0 Å². The second-order valence-electron chi connectivity index (χ2n) is 5.52. The average Bonchev–Trinajstić information content (AvgIpc) is 2.65. The summed E-state index contributed by atoms with van der Waals surface area (Å²) >= 11 is 0. The number of urea groups is 1. The van der Waals surface area contributed by atoms with Crippen molar-refractivity contribution in [3.05, 3.63) is 0 Å². The number of nitrogens with zero attached hydrogens (tertiary/aromatic N) is 1. The normalized spacial score (nSPS) is 21.9. The minimum Gasteiger partial charge on any atom is -0.481 e. The molecule has 0 aliphatic carbocycles. The molecule has 7 nitrogen and oxygen atoms in total. The van der Waals surface area contributed by atoms with Crippen LogP contribution in [0, 0.1) is 5.41 Å². The molecule has 2 N–H and O–H groups in total. The fraction of sp³-hybridized carbons (Fsp3) is 0.818. The number of aliphatic carboxylic acids is 1. The highest BCUT2D eigenvalue weighted by Crippen LogP contribution is 2.17. The molecule has 0 saturated carbocycles. The average molecular weight is 292 g/mol. The molecule has 1 fully saturated rings. The van der Waals surface area contributed by atoms with Crippen LogP contribution in [-0.4, -0.2) is 61.6 Å². The van der Waals surface area contributed by atoms with Gasteiger partial charge in [0.15, 0.2) is 9.84 Å². The van der Waals surface area contributed by atoms with Crippen LogP contribution < -0.4 is 5.32 Å². The number of sulfone groups is 1. The van der Waals surface area contributed by atoms with Gasteiger partial charge in [0.05, 0.1) is 16.9 Å². The van der Waals surface area contributed by atoms with Gasteiger partial charge >= 0.3 is 12.0 Å².